The maximum Gasteiger partial charge on any atom is 0.104 e. The van der Waals surface area contributed by atoms with E-state index in [0.717, 1.165) is 11.5 Å². The van der Waals surface area contributed by atoms with Crippen molar-refractivity contribution in [2.24, 2.45) is 11.7 Å². The number of hydrogen-bond acceptors (Lipinski definition) is 2. The van der Waals surface area contributed by atoms with Gasteiger partial charge in [0.25, 0.3) is 0 Å². The Hall–Kier alpha value is -1.09. The Morgan fingerprint density at radius 3 is 2.79 bits per heavy atom. The Morgan fingerprint density at radius 1 is 1.37 bits per heavy atom. The molecule has 1 saturated carbocycles. The standard InChI is InChI=1S/C16H24N2S/c1-3-12-7-4-5-10-15(12)18(2)14-9-6-8-13(11-14)16(17)19/h6,8-9,11-12,15H,3-5,7,10H2,1-2H3,(H2,17,19). The predicted molar refractivity (Wildman–Crippen MR) is 86.8 cm³/mol. The quantitative estimate of drug-likeness (QED) is 0.850. The van der Waals surface area contributed by atoms with Gasteiger partial charge in [-0.25, -0.2) is 0 Å². The molecule has 2 rings (SSSR count). The zero-order valence-electron chi connectivity index (χ0n) is 11.9. The molecular weight excluding hydrogens is 252 g/mol. The van der Waals surface area contributed by atoms with Gasteiger partial charge in [-0.1, -0.05) is 50.5 Å². The minimum Gasteiger partial charge on any atom is -0.389 e. The predicted octanol–water partition coefficient (Wildman–Crippen LogP) is 3.73. The molecule has 0 heterocycles. The highest BCUT2D eigenvalue weighted by atomic mass is 32.1. The molecule has 19 heavy (non-hydrogen) atoms. The Labute approximate surface area is 122 Å². The average Bonchev–Trinajstić information content (AvgIpc) is 2.46. The summed E-state index contributed by atoms with van der Waals surface area (Å²) >= 11 is 5.07. The lowest BCUT2D eigenvalue weighted by Gasteiger charge is -2.39. The molecule has 0 saturated heterocycles. The maximum atomic E-state index is 5.73. The van der Waals surface area contributed by atoms with Gasteiger partial charge in [0.15, 0.2) is 0 Å². The number of benzene rings is 1. The summed E-state index contributed by atoms with van der Waals surface area (Å²) in [6.45, 7) is 2.31. The highest BCUT2D eigenvalue weighted by Gasteiger charge is 2.27. The van der Waals surface area contributed by atoms with E-state index in [0.29, 0.717) is 11.0 Å². The van der Waals surface area contributed by atoms with Gasteiger partial charge in [0, 0.05) is 24.3 Å². The smallest absolute Gasteiger partial charge is 0.104 e. The van der Waals surface area contributed by atoms with Crippen molar-refractivity contribution >= 4 is 22.9 Å². The van der Waals surface area contributed by atoms with Gasteiger partial charge < -0.3 is 10.6 Å². The summed E-state index contributed by atoms with van der Waals surface area (Å²) in [6, 6.07) is 8.95. The minimum absolute atomic E-state index is 0.478. The van der Waals surface area contributed by atoms with Crippen LogP contribution in [0.1, 0.15) is 44.6 Å². The molecule has 1 aromatic carbocycles. The lowest BCUT2D eigenvalue weighted by molar-refractivity contribution is 0.292. The van der Waals surface area contributed by atoms with Crippen molar-refractivity contribution in [2.45, 2.75) is 45.1 Å². The van der Waals surface area contributed by atoms with Gasteiger partial charge in [0.1, 0.15) is 4.99 Å². The zero-order valence-corrected chi connectivity index (χ0v) is 12.7. The first-order valence-electron chi connectivity index (χ1n) is 7.26. The zero-order chi connectivity index (χ0) is 13.8. The molecule has 1 aromatic rings. The second-order valence-electron chi connectivity index (χ2n) is 5.55. The van der Waals surface area contributed by atoms with Gasteiger partial charge in [-0.15, -0.1) is 0 Å². The van der Waals surface area contributed by atoms with Gasteiger partial charge >= 0.3 is 0 Å². The van der Waals surface area contributed by atoms with Crippen LogP contribution < -0.4 is 10.6 Å². The van der Waals surface area contributed by atoms with Crippen molar-refractivity contribution in [3.8, 4) is 0 Å². The third kappa shape index (κ3) is 3.27. The molecule has 0 amide bonds. The van der Waals surface area contributed by atoms with Crippen LogP contribution in [-0.4, -0.2) is 18.1 Å². The van der Waals surface area contributed by atoms with E-state index in [-0.39, 0.29) is 0 Å². The summed E-state index contributed by atoms with van der Waals surface area (Å²) in [4.78, 5) is 2.90. The molecule has 0 aliphatic heterocycles. The Balaban J connectivity index is 2.20. The van der Waals surface area contributed by atoms with E-state index in [4.69, 9.17) is 18.0 Å². The lowest BCUT2D eigenvalue weighted by Crippen LogP contribution is -2.40. The maximum absolute atomic E-state index is 5.73. The first-order chi connectivity index (χ1) is 9.13. The van der Waals surface area contributed by atoms with E-state index in [2.05, 4.69) is 31.0 Å². The normalized spacial score (nSPS) is 23.1. The number of hydrogen-bond donors (Lipinski definition) is 1. The number of thiocarbonyl (C=S) groups is 1. The van der Waals surface area contributed by atoms with Crippen LogP contribution in [0.25, 0.3) is 0 Å². The third-order valence-corrected chi connectivity index (χ3v) is 4.66. The van der Waals surface area contributed by atoms with Crippen LogP contribution in [0.3, 0.4) is 0 Å². The first kappa shape index (κ1) is 14.3. The van der Waals surface area contributed by atoms with Crippen LogP contribution in [0.4, 0.5) is 5.69 Å². The summed E-state index contributed by atoms with van der Waals surface area (Å²) < 4.78 is 0. The fourth-order valence-electron chi connectivity index (χ4n) is 3.24. The molecule has 104 valence electrons. The molecule has 1 aliphatic carbocycles. The topological polar surface area (TPSA) is 29.3 Å². The Bertz CT molecular complexity index is 444. The summed E-state index contributed by atoms with van der Waals surface area (Å²) in [5.74, 6) is 0.812. The van der Waals surface area contributed by atoms with E-state index in [9.17, 15) is 0 Å². The molecule has 1 aliphatic rings. The number of rotatable bonds is 4. The van der Waals surface area contributed by atoms with Crippen LogP contribution in [0.2, 0.25) is 0 Å². The van der Waals surface area contributed by atoms with Crippen molar-refractivity contribution < 1.29 is 0 Å². The van der Waals surface area contributed by atoms with E-state index < -0.39 is 0 Å². The molecular formula is C16H24N2S. The van der Waals surface area contributed by atoms with E-state index >= 15 is 0 Å². The van der Waals surface area contributed by atoms with Gasteiger partial charge in [-0.3, -0.25) is 0 Å². The molecule has 0 bridgehead atoms. The number of anilines is 1. The van der Waals surface area contributed by atoms with Crippen molar-refractivity contribution in [3.05, 3.63) is 29.8 Å². The highest BCUT2D eigenvalue weighted by molar-refractivity contribution is 7.80. The van der Waals surface area contributed by atoms with Crippen LogP contribution >= 0.6 is 12.2 Å². The first-order valence-corrected chi connectivity index (χ1v) is 7.67. The molecule has 0 spiro atoms. The average molecular weight is 276 g/mol. The van der Waals surface area contributed by atoms with Gasteiger partial charge in [0.05, 0.1) is 0 Å². The minimum atomic E-state index is 0.478. The molecule has 2 N–H and O–H groups in total. The Morgan fingerprint density at radius 2 is 2.11 bits per heavy atom. The lowest BCUT2D eigenvalue weighted by atomic mass is 9.82. The largest absolute Gasteiger partial charge is 0.389 e. The molecule has 2 atom stereocenters. The van der Waals surface area contributed by atoms with Crippen LogP contribution in [0.15, 0.2) is 24.3 Å². The molecule has 2 nitrogen and oxygen atoms in total. The van der Waals surface area contributed by atoms with E-state index in [1.807, 2.05) is 12.1 Å². The second kappa shape index (κ2) is 6.38. The van der Waals surface area contributed by atoms with Crippen LogP contribution in [-0.2, 0) is 0 Å². The second-order valence-corrected chi connectivity index (χ2v) is 5.99. The summed E-state index contributed by atoms with van der Waals surface area (Å²) in [7, 11) is 2.21. The van der Waals surface area contributed by atoms with Crippen LogP contribution in [0.5, 0.6) is 0 Å². The van der Waals surface area contributed by atoms with Gasteiger partial charge in [-0.2, -0.15) is 0 Å². The molecule has 1 fully saturated rings. The van der Waals surface area contributed by atoms with E-state index in [1.54, 1.807) is 0 Å². The Kier molecular flexibility index (Phi) is 4.81. The number of nitrogens with zero attached hydrogens (tertiary/aromatic N) is 1. The third-order valence-electron chi connectivity index (χ3n) is 4.43. The van der Waals surface area contributed by atoms with E-state index in [1.165, 1.54) is 37.8 Å². The molecule has 2 unspecified atom stereocenters. The fraction of sp³-hybridized carbons (Fsp3) is 0.562. The summed E-state index contributed by atoms with van der Waals surface area (Å²) in [5.41, 5.74) is 7.92. The summed E-state index contributed by atoms with van der Waals surface area (Å²) in [5, 5.41) is 0. The van der Waals surface area contributed by atoms with Gasteiger partial charge in [0.2, 0.25) is 0 Å². The molecule has 0 radical (unpaired) electrons. The summed E-state index contributed by atoms with van der Waals surface area (Å²) in [6.07, 6.45) is 6.66. The molecule has 3 heteroatoms. The van der Waals surface area contributed by atoms with Crippen molar-refractivity contribution in [2.75, 3.05) is 11.9 Å². The van der Waals surface area contributed by atoms with Crippen LogP contribution in [0, 0.1) is 5.92 Å². The molecule has 0 aromatic heterocycles. The van der Waals surface area contributed by atoms with Crippen molar-refractivity contribution in [3.63, 3.8) is 0 Å². The van der Waals surface area contributed by atoms with Gasteiger partial charge in [-0.05, 0) is 30.9 Å². The SMILES string of the molecule is CCC1CCCCC1N(C)c1cccc(C(N)=S)c1. The highest BCUT2D eigenvalue weighted by Crippen LogP contribution is 2.32. The van der Waals surface area contributed by atoms with Crippen molar-refractivity contribution in [1.82, 2.24) is 0 Å². The monoisotopic (exact) mass is 276 g/mol. The van der Waals surface area contributed by atoms with Crippen molar-refractivity contribution in [1.29, 1.82) is 0 Å². The fourth-order valence-corrected chi connectivity index (χ4v) is 3.37. The number of nitrogens with two attached hydrogens (primary N) is 1.